The molecular formula is C29H44F2N4O7. The summed E-state index contributed by atoms with van der Waals surface area (Å²) in [5.74, 6) is -5.09. The van der Waals surface area contributed by atoms with Crippen LogP contribution in [-0.4, -0.2) is 87.8 Å². The maximum atomic E-state index is 14.3. The van der Waals surface area contributed by atoms with E-state index in [4.69, 9.17) is 15.9 Å². The fourth-order valence-electron chi connectivity index (χ4n) is 4.34. The number of benzene rings is 1. The van der Waals surface area contributed by atoms with Crippen LogP contribution in [0.15, 0.2) is 30.4 Å². The van der Waals surface area contributed by atoms with E-state index < -0.39 is 41.3 Å². The van der Waals surface area contributed by atoms with Gasteiger partial charge in [0.2, 0.25) is 11.8 Å². The fourth-order valence-corrected chi connectivity index (χ4v) is 4.34. The summed E-state index contributed by atoms with van der Waals surface area (Å²) in [6, 6.07) is 3.07. The topological polar surface area (TPSA) is 173 Å². The Hall–Kier alpha value is -3.42. The predicted octanol–water partition coefficient (Wildman–Crippen LogP) is 2.23. The van der Waals surface area contributed by atoms with Gasteiger partial charge in [0.05, 0.1) is 18.3 Å². The Morgan fingerprint density at radius 1 is 1.10 bits per heavy atom. The highest BCUT2D eigenvalue weighted by Gasteiger charge is 2.41. The Morgan fingerprint density at radius 3 is 2.17 bits per heavy atom. The molecule has 1 saturated heterocycles. The Labute approximate surface area is 245 Å². The summed E-state index contributed by atoms with van der Waals surface area (Å²) >= 11 is 0. The Morgan fingerprint density at radius 2 is 1.67 bits per heavy atom. The van der Waals surface area contributed by atoms with Crippen molar-refractivity contribution in [2.75, 3.05) is 31.1 Å². The highest BCUT2D eigenvalue weighted by atomic mass is 19.2. The van der Waals surface area contributed by atoms with E-state index in [0.29, 0.717) is 24.6 Å². The first-order valence-electron chi connectivity index (χ1n) is 13.7. The number of aliphatic carboxylic acids is 2. The van der Waals surface area contributed by atoms with E-state index in [1.54, 1.807) is 0 Å². The van der Waals surface area contributed by atoms with E-state index >= 15 is 0 Å². The molecule has 1 fully saturated rings. The fraction of sp³-hybridized carbons (Fsp3) is 0.586. The zero-order valence-corrected chi connectivity index (χ0v) is 25.0. The largest absolute Gasteiger partial charge is 0.478 e. The number of carbonyl (C=O) groups is 4. The standard InChI is InChI=1S/C25H40F2N4O3.C4H4O4/c1-15(2)11-29-24(34)17(16(3)4)10-21(32)19(28)12-30-13-22(33)31(14-25(30,5)6)20-9-7-8-18(26)23(20)27;5-3(6)1-2-4(7)8/h7-9,15-17,19,21,32H,10-14,28H2,1-6H3,(H,29,34);1-2H,(H,5,6)(H,7,8)/t17-,19-,21-;/m0./s1. The number of hydrogen-bond acceptors (Lipinski definition) is 7. The maximum absolute atomic E-state index is 14.3. The molecule has 3 atom stereocenters. The Balaban J connectivity index is 0.000000962. The van der Waals surface area contributed by atoms with Crippen LogP contribution in [0.3, 0.4) is 0 Å². The molecule has 0 saturated carbocycles. The van der Waals surface area contributed by atoms with Gasteiger partial charge in [-0.25, -0.2) is 18.4 Å². The first-order valence-corrected chi connectivity index (χ1v) is 13.7. The summed E-state index contributed by atoms with van der Waals surface area (Å²) in [6.07, 6.45) is 0.387. The van der Waals surface area contributed by atoms with Crippen LogP contribution < -0.4 is 16.0 Å². The number of aliphatic hydroxyl groups is 1. The second-order valence-corrected chi connectivity index (χ2v) is 11.7. The summed E-state index contributed by atoms with van der Waals surface area (Å²) in [6.45, 7) is 12.6. The number of halogens is 2. The summed E-state index contributed by atoms with van der Waals surface area (Å²) in [4.78, 5) is 47.7. The normalized spacial score (nSPS) is 17.5. The molecule has 11 nitrogen and oxygen atoms in total. The number of aliphatic hydroxyl groups excluding tert-OH is 1. The minimum atomic E-state index is -1.26. The average Bonchev–Trinajstić information content (AvgIpc) is 2.88. The van der Waals surface area contributed by atoms with Gasteiger partial charge in [0.15, 0.2) is 11.6 Å². The van der Waals surface area contributed by atoms with Crippen molar-refractivity contribution in [1.82, 2.24) is 10.2 Å². The highest BCUT2D eigenvalue weighted by Crippen LogP contribution is 2.30. The van der Waals surface area contributed by atoms with E-state index in [-0.39, 0.29) is 55.4 Å². The molecular weight excluding hydrogens is 554 g/mol. The van der Waals surface area contributed by atoms with E-state index in [0.717, 1.165) is 6.07 Å². The molecule has 0 unspecified atom stereocenters. The van der Waals surface area contributed by atoms with Crippen molar-refractivity contribution < 1.29 is 43.3 Å². The van der Waals surface area contributed by atoms with Crippen molar-refractivity contribution in [3.05, 3.63) is 42.0 Å². The van der Waals surface area contributed by atoms with Crippen LogP contribution in [0.4, 0.5) is 14.5 Å². The second-order valence-electron chi connectivity index (χ2n) is 11.7. The molecule has 13 heteroatoms. The predicted molar refractivity (Wildman–Crippen MR) is 154 cm³/mol. The zero-order valence-electron chi connectivity index (χ0n) is 25.0. The summed E-state index contributed by atoms with van der Waals surface area (Å²) in [5.41, 5.74) is 5.63. The van der Waals surface area contributed by atoms with Crippen LogP contribution in [0.2, 0.25) is 0 Å². The van der Waals surface area contributed by atoms with Gasteiger partial charge in [0.25, 0.3) is 0 Å². The molecule has 0 radical (unpaired) electrons. The van der Waals surface area contributed by atoms with E-state index in [9.17, 15) is 33.1 Å². The lowest BCUT2D eigenvalue weighted by Crippen LogP contribution is -2.64. The molecule has 236 valence electrons. The number of piperazine rings is 1. The van der Waals surface area contributed by atoms with Crippen molar-refractivity contribution in [1.29, 1.82) is 0 Å². The van der Waals surface area contributed by atoms with E-state index in [2.05, 4.69) is 5.32 Å². The second kappa shape index (κ2) is 16.3. The number of nitrogens with zero attached hydrogens (tertiary/aromatic N) is 2. The van der Waals surface area contributed by atoms with Gasteiger partial charge in [0, 0.05) is 49.3 Å². The number of nitrogens with one attached hydrogen (secondary N) is 1. The number of anilines is 1. The Bertz CT molecular complexity index is 1110. The zero-order chi connectivity index (χ0) is 32.4. The van der Waals surface area contributed by atoms with Crippen LogP contribution in [0, 0.1) is 29.4 Å². The van der Waals surface area contributed by atoms with Gasteiger partial charge in [0.1, 0.15) is 0 Å². The average molecular weight is 599 g/mol. The van der Waals surface area contributed by atoms with Crippen molar-refractivity contribution in [3.8, 4) is 0 Å². The van der Waals surface area contributed by atoms with Crippen LogP contribution in [0.25, 0.3) is 0 Å². The van der Waals surface area contributed by atoms with Gasteiger partial charge >= 0.3 is 11.9 Å². The van der Waals surface area contributed by atoms with Gasteiger partial charge in [-0.2, -0.15) is 0 Å². The van der Waals surface area contributed by atoms with Crippen molar-refractivity contribution in [2.45, 2.75) is 65.6 Å². The van der Waals surface area contributed by atoms with Crippen molar-refractivity contribution in [3.63, 3.8) is 0 Å². The first kappa shape index (κ1) is 36.6. The summed E-state index contributed by atoms with van der Waals surface area (Å²) < 4.78 is 28.0. The third kappa shape index (κ3) is 11.5. The molecule has 1 aromatic rings. The lowest BCUT2D eigenvalue weighted by molar-refractivity contribution is -0.134. The van der Waals surface area contributed by atoms with Crippen molar-refractivity contribution in [2.24, 2.45) is 23.5 Å². The molecule has 0 aromatic heterocycles. The Kier molecular flexibility index (Phi) is 14.2. The van der Waals surface area contributed by atoms with Crippen LogP contribution in [0.5, 0.6) is 0 Å². The number of carboxylic acid groups (broad SMARTS) is 2. The summed E-state index contributed by atoms with van der Waals surface area (Å²) in [7, 11) is 0. The quantitative estimate of drug-likeness (QED) is 0.226. The van der Waals surface area contributed by atoms with E-state index in [1.807, 2.05) is 46.4 Å². The number of carbonyl (C=O) groups excluding carboxylic acids is 2. The minimum Gasteiger partial charge on any atom is -0.478 e. The SMILES string of the molecule is CC(C)CNC(=O)[C@@H](C[C@H](O)[C@@H](N)CN1CC(=O)N(c2cccc(F)c2F)CC1(C)C)C(C)C.O=C(O)C=CC(=O)O. The first-order chi connectivity index (χ1) is 19.4. The molecule has 0 aliphatic carbocycles. The molecule has 1 heterocycles. The summed E-state index contributed by atoms with van der Waals surface area (Å²) in [5, 5.41) is 29.4. The van der Waals surface area contributed by atoms with Gasteiger partial charge < -0.3 is 31.3 Å². The van der Waals surface area contributed by atoms with Crippen LogP contribution in [0.1, 0.15) is 48.0 Å². The molecule has 0 spiro atoms. The molecule has 1 aromatic carbocycles. The number of rotatable bonds is 12. The van der Waals surface area contributed by atoms with Crippen LogP contribution >= 0.6 is 0 Å². The lowest BCUT2D eigenvalue weighted by atomic mass is 9.86. The monoisotopic (exact) mass is 598 g/mol. The lowest BCUT2D eigenvalue weighted by Gasteiger charge is -2.47. The highest BCUT2D eigenvalue weighted by molar-refractivity contribution is 5.96. The molecule has 1 aliphatic rings. The third-order valence-corrected chi connectivity index (χ3v) is 6.87. The van der Waals surface area contributed by atoms with Crippen LogP contribution in [-0.2, 0) is 19.2 Å². The number of hydrogen-bond donors (Lipinski definition) is 5. The molecule has 2 amide bonds. The van der Waals surface area contributed by atoms with Gasteiger partial charge in [-0.3, -0.25) is 14.5 Å². The maximum Gasteiger partial charge on any atom is 0.328 e. The number of nitrogens with two attached hydrogens (primary N) is 1. The smallest absolute Gasteiger partial charge is 0.328 e. The molecule has 0 bridgehead atoms. The van der Waals surface area contributed by atoms with Crippen molar-refractivity contribution >= 4 is 29.4 Å². The molecule has 6 N–H and O–H groups in total. The third-order valence-electron chi connectivity index (χ3n) is 6.87. The molecule has 42 heavy (non-hydrogen) atoms. The van der Waals surface area contributed by atoms with Gasteiger partial charge in [-0.1, -0.05) is 33.8 Å². The van der Waals surface area contributed by atoms with E-state index in [1.165, 1.54) is 17.0 Å². The van der Waals surface area contributed by atoms with Gasteiger partial charge in [-0.05, 0) is 44.2 Å². The minimum absolute atomic E-state index is 0.0248. The molecule has 2 rings (SSSR count). The number of amides is 2. The van der Waals surface area contributed by atoms with Gasteiger partial charge in [-0.15, -0.1) is 0 Å². The molecule has 1 aliphatic heterocycles. The number of carboxylic acids is 2.